The molecule has 3 aromatic rings. The predicted molar refractivity (Wildman–Crippen MR) is 156 cm³/mol. The van der Waals surface area contributed by atoms with Crippen molar-refractivity contribution in [1.29, 1.82) is 0 Å². The number of benzene rings is 1. The lowest BCUT2D eigenvalue weighted by atomic mass is 10.2. The number of aliphatic imine (C=N–C) groups is 2. The summed E-state index contributed by atoms with van der Waals surface area (Å²) in [5.74, 6) is 1.05. The number of methoxy groups -OCH3 is 2. The van der Waals surface area contributed by atoms with Crippen LogP contribution < -0.4 is 14.2 Å². The molecule has 214 valence electrons. The standard InChI is InChI=1S/C26H32ClN7O5S/c1-8-39-23(24(28-5)30-14-17(3)27)18(4)40(35,36)33-26-32-31-25(19-12-16(2)13-29-15-19)34(26)22-20(37-6)10-9-11-21(22)38-7/h9-15,18,23H,5,8H2,1-4,6-7H3,(H,32,33)/b17-14+,30-24?/t18-,23-/m0/s1. The molecule has 0 aliphatic carbocycles. The van der Waals surface area contributed by atoms with Crippen LogP contribution in [0.5, 0.6) is 11.5 Å². The number of allylic oxidation sites excluding steroid dienone is 1. The molecule has 1 aromatic carbocycles. The van der Waals surface area contributed by atoms with Gasteiger partial charge in [-0.05, 0) is 58.2 Å². The summed E-state index contributed by atoms with van der Waals surface area (Å²) in [6.07, 6.45) is 3.58. The minimum Gasteiger partial charge on any atom is -0.494 e. The fraction of sp³-hybridized carbons (Fsp3) is 0.346. The molecule has 2 aromatic heterocycles. The second kappa shape index (κ2) is 13.5. The Bertz CT molecular complexity index is 1500. The number of pyridine rings is 1. The number of rotatable bonds is 12. The van der Waals surface area contributed by atoms with Gasteiger partial charge in [-0.1, -0.05) is 17.7 Å². The van der Waals surface area contributed by atoms with Gasteiger partial charge >= 0.3 is 0 Å². The summed E-state index contributed by atoms with van der Waals surface area (Å²) in [6.45, 7) is 10.4. The second-order valence-corrected chi connectivity index (χ2v) is 11.2. The van der Waals surface area contributed by atoms with E-state index in [1.165, 1.54) is 31.9 Å². The molecule has 0 spiro atoms. The number of hydrogen-bond donors (Lipinski definition) is 1. The first-order chi connectivity index (χ1) is 19.1. The highest BCUT2D eigenvalue weighted by Crippen LogP contribution is 2.38. The molecular weight excluding hydrogens is 558 g/mol. The summed E-state index contributed by atoms with van der Waals surface area (Å²) in [6, 6.07) is 7.03. The molecule has 0 fully saturated rings. The zero-order valence-corrected chi connectivity index (χ0v) is 24.7. The molecule has 12 nitrogen and oxygen atoms in total. The van der Waals surface area contributed by atoms with E-state index in [2.05, 4.69) is 36.6 Å². The van der Waals surface area contributed by atoms with Crippen molar-refractivity contribution in [2.24, 2.45) is 9.98 Å². The highest BCUT2D eigenvalue weighted by Gasteiger charge is 2.35. The Morgan fingerprint density at radius 2 is 1.90 bits per heavy atom. The molecule has 0 aliphatic rings. The van der Waals surface area contributed by atoms with E-state index in [1.54, 1.807) is 44.4 Å². The molecule has 1 N–H and O–H groups in total. The molecular formula is C26H32ClN7O5S. The van der Waals surface area contributed by atoms with Gasteiger partial charge in [0.25, 0.3) is 0 Å². The molecule has 0 saturated carbocycles. The molecule has 0 saturated heterocycles. The molecule has 40 heavy (non-hydrogen) atoms. The minimum atomic E-state index is -4.19. The van der Waals surface area contributed by atoms with Gasteiger partial charge in [-0.25, -0.2) is 18.4 Å². The van der Waals surface area contributed by atoms with Gasteiger partial charge < -0.3 is 14.2 Å². The van der Waals surface area contributed by atoms with Crippen LogP contribution in [-0.4, -0.2) is 72.9 Å². The molecule has 0 aliphatic heterocycles. The predicted octanol–water partition coefficient (Wildman–Crippen LogP) is 4.39. The van der Waals surface area contributed by atoms with Crippen LogP contribution in [0.3, 0.4) is 0 Å². The fourth-order valence-electron chi connectivity index (χ4n) is 3.82. The van der Waals surface area contributed by atoms with Crippen LogP contribution in [-0.2, 0) is 14.8 Å². The van der Waals surface area contributed by atoms with Crippen molar-refractivity contribution in [3.63, 3.8) is 0 Å². The Kier molecular flexibility index (Phi) is 10.4. The zero-order chi connectivity index (χ0) is 29.4. The maximum absolute atomic E-state index is 13.8. The average molecular weight is 590 g/mol. The summed E-state index contributed by atoms with van der Waals surface area (Å²) in [4.78, 5) is 12.3. The van der Waals surface area contributed by atoms with E-state index in [1.807, 2.05) is 13.0 Å². The number of sulfonamides is 1. The van der Waals surface area contributed by atoms with Crippen molar-refractivity contribution < 1.29 is 22.6 Å². The van der Waals surface area contributed by atoms with Crippen molar-refractivity contribution in [3.05, 3.63) is 53.5 Å². The number of hydrogen-bond acceptors (Lipinski definition) is 9. The summed E-state index contributed by atoms with van der Waals surface area (Å²) in [7, 11) is -1.20. The third-order valence-corrected chi connectivity index (χ3v) is 7.50. The van der Waals surface area contributed by atoms with Crippen molar-refractivity contribution in [2.75, 3.05) is 25.5 Å². The number of amidine groups is 1. The number of nitrogens with zero attached hydrogens (tertiary/aromatic N) is 6. The number of para-hydroxylation sites is 1. The van der Waals surface area contributed by atoms with Crippen LogP contribution in [0.15, 0.2) is 57.9 Å². The summed E-state index contributed by atoms with van der Waals surface area (Å²) in [5, 5.41) is 7.70. The Morgan fingerprint density at radius 1 is 1.23 bits per heavy atom. The van der Waals surface area contributed by atoms with Crippen LogP contribution in [0.1, 0.15) is 26.3 Å². The Hall–Kier alpha value is -3.81. The molecule has 0 amide bonds. The molecule has 0 bridgehead atoms. The van der Waals surface area contributed by atoms with Crippen molar-refractivity contribution >= 4 is 40.1 Å². The van der Waals surface area contributed by atoms with E-state index in [4.69, 9.17) is 25.8 Å². The number of nitrogens with one attached hydrogen (secondary N) is 1. The van der Waals surface area contributed by atoms with Crippen LogP contribution >= 0.6 is 11.6 Å². The number of aryl methyl sites for hydroxylation is 1. The van der Waals surface area contributed by atoms with Gasteiger partial charge in [-0.3, -0.25) is 14.3 Å². The van der Waals surface area contributed by atoms with Gasteiger partial charge in [0, 0.05) is 35.8 Å². The van der Waals surface area contributed by atoms with Gasteiger partial charge in [0.15, 0.2) is 11.7 Å². The van der Waals surface area contributed by atoms with E-state index in [0.717, 1.165) is 5.56 Å². The monoisotopic (exact) mass is 589 g/mol. The largest absolute Gasteiger partial charge is 0.494 e. The normalized spacial score (nSPS) is 14.0. The first kappa shape index (κ1) is 30.7. The van der Waals surface area contributed by atoms with Crippen molar-refractivity contribution in [3.8, 4) is 28.6 Å². The van der Waals surface area contributed by atoms with E-state index in [0.29, 0.717) is 33.6 Å². The lowest BCUT2D eigenvalue weighted by Gasteiger charge is -2.24. The molecule has 0 unspecified atom stereocenters. The Balaban J connectivity index is 2.19. The van der Waals surface area contributed by atoms with Gasteiger partial charge in [0.1, 0.15) is 28.5 Å². The number of aromatic nitrogens is 4. The maximum atomic E-state index is 13.8. The van der Waals surface area contributed by atoms with Crippen LogP contribution in [0.4, 0.5) is 5.95 Å². The van der Waals surface area contributed by atoms with E-state index < -0.39 is 21.4 Å². The van der Waals surface area contributed by atoms with E-state index in [-0.39, 0.29) is 18.4 Å². The smallest absolute Gasteiger partial charge is 0.243 e. The third kappa shape index (κ3) is 6.84. The highest BCUT2D eigenvalue weighted by atomic mass is 35.5. The van der Waals surface area contributed by atoms with Crippen molar-refractivity contribution in [2.45, 2.75) is 39.0 Å². The Morgan fingerprint density at radius 3 is 2.45 bits per heavy atom. The summed E-state index contributed by atoms with van der Waals surface area (Å²) < 4.78 is 48.5. The zero-order valence-electron chi connectivity index (χ0n) is 23.1. The van der Waals surface area contributed by atoms with Gasteiger partial charge in [-0.2, -0.15) is 0 Å². The first-order valence-corrected chi connectivity index (χ1v) is 14.1. The lowest BCUT2D eigenvalue weighted by Crippen LogP contribution is -2.42. The third-order valence-electron chi connectivity index (χ3n) is 5.71. The SMILES string of the molecule is C=NC(=N/C=C(\C)Cl)[C@@H](OCC)[C@H](C)S(=O)(=O)Nc1nnc(-c2cncc(C)c2)n1-c1c(OC)cccc1OC. The van der Waals surface area contributed by atoms with Crippen LogP contribution in [0, 0.1) is 6.92 Å². The molecule has 2 heterocycles. The molecule has 3 rings (SSSR count). The van der Waals surface area contributed by atoms with Gasteiger partial charge in [0.2, 0.25) is 16.0 Å². The van der Waals surface area contributed by atoms with Gasteiger partial charge in [-0.15, -0.1) is 10.2 Å². The fourth-order valence-corrected chi connectivity index (χ4v) is 4.97. The summed E-state index contributed by atoms with van der Waals surface area (Å²) in [5.41, 5.74) is 1.86. The quantitative estimate of drug-likeness (QED) is 0.242. The van der Waals surface area contributed by atoms with Crippen LogP contribution in [0.25, 0.3) is 17.1 Å². The van der Waals surface area contributed by atoms with E-state index in [9.17, 15) is 8.42 Å². The number of halogens is 1. The Labute approximate surface area is 238 Å². The average Bonchev–Trinajstić information content (AvgIpc) is 3.33. The molecule has 2 atom stereocenters. The van der Waals surface area contributed by atoms with E-state index >= 15 is 0 Å². The molecule has 14 heteroatoms. The minimum absolute atomic E-state index is 0.0547. The maximum Gasteiger partial charge on any atom is 0.243 e. The van der Waals surface area contributed by atoms with Crippen molar-refractivity contribution in [1.82, 2.24) is 19.7 Å². The van der Waals surface area contributed by atoms with Gasteiger partial charge in [0.05, 0.1) is 14.2 Å². The number of anilines is 1. The lowest BCUT2D eigenvalue weighted by molar-refractivity contribution is 0.108. The molecule has 0 radical (unpaired) electrons. The number of ether oxygens (including phenoxy) is 3. The van der Waals surface area contributed by atoms with Crippen LogP contribution in [0.2, 0.25) is 0 Å². The summed E-state index contributed by atoms with van der Waals surface area (Å²) >= 11 is 5.90. The second-order valence-electron chi connectivity index (χ2n) is 8.53. The topological polar surface area (TPSA) is 142 Å². The first-order valence-electron chi connectivity index (χ1n) is 12.2. The highest BCUT2D eigenvalue weighted by molar-refractivity contribution is 7.93.